The smallest absolute Gasteiger partial charge is 0.416 e. The normalized spacial score (nSPS) is 11.5. The predicted molar refractivity (Wildman–Crippen MR) is 126 cm³/mol. The van der Waals surface area contributed by atoms with E-state index in [1.165, 1.54) is 30.3 Å². The van der Waals surface area contributed by atoms with Gasteiger partial charge < -0.3 is 4.74 Å². The largest absolute Gasteiger partial charge is 0.442 e. The van der Waals surface area contributed by atoms with Crippen molar-refractivity contribution in [1.82, 2.24) is 0 Å². The van der Waals surface area contributed by atoms with Crippen molar-refractivity contribution < 1.29 is 36.9 Å². The maximum atomic E-state index is 13.2. The predicted octanol–water partition coefficient (Wildman–Crippen LogP) is 7.87. The number of benzene rings is 3. The van der Waals surface area contributed by atoms with Gasteiger partial charge in [0, 0.05) is 27.7 Å². The van der Waals surface area contributed by atoms with Gasteiger partial charge in [0.25, 0.3) is 5.75 Å². The molecule has 0 aliphatic heterocycles. The van der Waals surface area contributed by atoms with Crippen LogP contribution in [0.1, 0.15) is 21.5 Å². The maximum Gasteiger partial charge on any atom is 0.416 e. The molecule has 14 heteroatoms. The Bertz CT molecular complexity index is 1370. The molecular formula is C22H10Br2F4N2O6. The second kappa shape index (κ2) is 10.5. The fourth-order valence-electron chi connectivity index (χ4n) is 2.93. The van der Waals surface area contributed by atoms with Crippen molar-refractivity contribution in [2.24, 2.45) is 0 Å². The third-order valence-electron chi connectivity index (χ3n) is 4.55. The number of hydrogen-bond donors (Lipinski definition) is 0. The molecule has 3 rings (SSSR count). The molecule has 0 unspecified atom stereocenters. The van der Waals surface area contributed by atoms with Gasteiger partial charge in [-0.2, -0.15) is 13.2 Å². The number of nitro groups is 2. The number of ether oxygens (including phenoxy) is 1. The Balaban J connectivity index is 2.14. The summed E-state index contributed by atoms with van der Waals surface area (Å²) in [5.41, 5.74) is -3.96. The number of carbonyl (C=O) groups is 1. The first-order valence-corrected chi connectivity index (χ1v) is 11.1. The molecule has 0 radical (unpaired) electrons. The first-order chi connectivity index (χ1) is 16.8. The van der Waals surface area contributed by atoms with E-state index in [0.717, 1.165) is 18.2 Å². The average Bonchev–Trinajstić information content (AvgIpc) is 2.78. The summed E-state index contributed by atoms with van der Waals surface area (Å²) in [6, 6.07) is 7.70. The molecule has 186 valence electrons. The number of nitrogens with zero attached hydrogens (tertiary/aromatic N) is 2. The molecule has 0 saturated carbocycles. The van der Waals surface area contributed by atoms with Crippen molar-refractivity contribution in [2.45, 2.75) is 6.18 Å². The van der Waals surface area contributed by atoms with Crippen LogP contribution in [0.2, 0.25) is 0 Å². The number of allylic oxidation sites excluding steroid dienone is 1. The van der Waals surface area contributed by atoms with E-state index in [2.05, 4.69) is 31.9 Å². The molecule has 0 atom stereocenters. The molecule has 0 aliphatic carbocycles. The zero-order chi connectivity index (χ0) is 26.8. The molecule has 0 spiro atoms. The summed E-state index contributed by atoms with van der Waals surface area (Å²) < 4.78 is 58.7. The lowest BCUT2D eigenvalue weighted by Crippen LogP contribution is -2.08. The highest BCUT2D eigenvalue weighted by Gasteiger charge is 2.39. The van der Waals surface area contributed by atoms with E-state index in [1.54, 1.807) is 0 Å². The minimum Gasteiger partial charge on any atom is -0.442 e. The highest BCUT2D eigenvalue weighted by atomic mass is 79.9. The monoisotopic (exact) mass is 632 g/mol. The summed E-state index contributed by atoms with van der Waals surface area (Å²) in [7, 11) is 0. The van der Waals surface area contributed by atoms with E-state index in [-0.39, 0.29) is 33.5 Å². The van der Waals surface area contributed by atoms with Crippen LogP contribution in [-0.2, 0) is 6.18 Å². The Morgan fingerprint density at radius 3 is 1.97 bits per heavy atom. The van der Waals surface area contributed by atoms with E-state index < -0.39 is 50.3 Å². The molecule has 0 fully saturated rings. The van der Waals surface area contributed by atoms with E-state index in [9.17, 15) is 42.6 Å². The number of nitro benzene ring substituents is 2. The van der Waals surface area contributed by atoms with Gasteiger partial charge in [-0.3, -0.25) is 25.0 Å². The van der Waals surface area contributed by atoms with Gasteiger partial charge in [0.2, 0.25) is 0 Å². The van der Waals surface area contributed by atoms with Crippen LogP contribution in [0.25, 0.3) is 6.08 Å². The highest BCUT2D eigenvalue weighted by Crippen LogP contribution is 2.47. The van der Waals surface area contributed by atoms with Crippen LogP contribution in [0.3, 0.4) is 0 Å². The molecule has 0 N–H and O–H groups in total. The van der Waals surface area contributed by atoms with Crippen LogP contribution in [0, 0.1) is 26.0 Å². The van der Waals surface area contributed by atoms with Gasteiger partial charge in [-0.25, -0.2) is 4.39 Å². The topological polar surface area (TPSA) is 113 Å². The zero-order valence-electron chi connectivity index (χ0n) is 17.4. The van der Waals surface area contributed by atoms with E-state index >= 15 is 0 Å². The van der Waals surface area contributed by atoms with Gasteiger partial charge in [-0.1, -0.05) is 15.9 Å². The third kappa shape index (κ3) is 6.12. The standard InChI is InChI=1S/C22H10Br2F4N2O6/c23-14-7-12(3-6-19(31)11-1-4-15(25)5-2-11)20(16(24)10-14)36-21-17(29(32)33)8-13(22(26,27)28)9-18(21)30(34)35/h1-10H/b6-3+. The zero-order valence-corrected chi connectivity index (χ0v) is 20.6. The van der Waals surface area contributed by atoms with Crippen molar-refractivity contribution in [1.29, 1.82) is 0 Å². The molecule has 0 aliphatic rings. The van der Waals surface area contributed by atoms with E-state index in [0.29, 0.717) is 4.47 Å². The van der Waals surface area contributed by atoms with Crippen LogP contribution in [0.4, 0.5) is 28.9 Å². The Morgan fingerprint density at radius 2 is 1.47 bits per heavy atom. The van der Waals surface area contributed by atoms with Crippen molar-refractivity contribution in [3.63, 3.8) is 0 Å². The number of ketones is 1. The minimum absolute atomic E-state index is 0.0789. The first-order valence-electron chi connectivity index (χ1n) is 9.47. The summed E-state index contributed by atoms with van der Waals surface area (Å²) in [6.07, 6.45) is -2.80. The molecule has 0 saturated heterocycles. The van der Waals surface area contributed by atoms with Crippen LogP contribution in [0.15, 0.2) is 63.6 Å². The number of alkyl halides is 3. The molecule has 0 heterocycles. The summed E-state index contributed by atoms with van der Waals surface area (Å²) in [6.45, 7) is 0. The molecule has 0 bridgehead atoms. The lowest BCUT2D eigenvalue weighted by atomic mass is 10.1. The maximum absolute atomic E-state index is 13.2. The van der Waals surface area contributed by atoms with Crippen molar-refractivity contribution in [3.05, 3.63) is 106 Å². The Hall–Kier alpha value is -3.65. The number of halogens is 6. The summed E-state index contributed by atoms with van der Waals surface area (Å²) >= 11 is 6.36. The van der Waals surface area contributed by atoms with E-state index in [1.807, 2.05) is 0 Å². The molecule has 8 nitrogen and oxygen atoms in total. The van der Waals surface area contributed by atoms with Gasteiger partial charge in [-0.15, -0.1) is 0 Å². The molecule has 3 aromatic rings. The molecule has 0 aromatic heterocycles. The van der Waals surface area contributed by atoms with Crippen LogP contribution < -0.4 is 4.74 Å². The Kier molecular flexibility index (Phi) is 7.89. The van der Waals surface area contributed by atoms with E-state index in [4.69, 9.17) is 4.74 Å². The summed E-state index contributed by atoms with van der Waals surface area (Å²) in [5, 5.41) is 23.0. The Labute approximate surface area is 215 Å². The lowest BCUT2D eigenvalue weighted by Gasteiger charge is -2.14. The lowest BCUT2D eigenvalue weighted by molar-refractivity contribution is -0.396. The van der Waals surface area contributed by atoms with Crippen molar-refractivity contribution in [2.75, 3.05) is 0 Å². The van der Waals surface area contributed by atoms with Crippen molar-refractivity contribution in [3.8, 4) is 11.5 Å². The number of rotatable bonds is 7. The summed E-state index contributed by atoms with van der Waals surface area (Å²) in [4.78, 5) is 33.0. The fraction of sp³-hybridized carbons (Fsp3) is 0.0455. The quantitative estimate of drug-likeness (QED) is 0.0860. The third-order valence-corrected chi connectivity index (χ3v) is 5.60. The van der Waals surface area contributed by atoms with Gasteiger partial charge >= 0.3 is 17.6 Å². The number of hydrogen-bond acceptors (Lipinski definition) is 6. The SMILES string of the molecule is O=C(/C=C/c1cc(Br)cc(Br)c1Oc1c([N+](=O)[O-])cc(C(F)(F)F)cc1[N+](=O)[O-])c1ccc(F)cc1. The van der Waals surface area contributed by atoms with Crippen LogP contribution in [-0.4, -0.2) is 15.6 Å². The second-order valence-corrected chi connectivity index (χ2v) is 8.74. The van der Waals surface area contributed by atoms with Gasteiger partial charge in [0.15, 0.2) is 5.78 Å². The highest BCUT2D eigenvalue weighted by molar-refractivity contribution is 9.11. The van der Waals surface area contributed by atoms with Crippen LogP contribution >= 0.6 is 31.9 Å². The molecule has 36 heavy (non-hydrogen) atoms. The molecule has 0 amide bonds. The molecular weight excluding hydrogens is 624 g/mol. The van der Waals surface area contributed by atoms with Crippen molar-refractivity contribution >= 4 is 55.1 Å². The Morgan fingerprint density at radius 1 is 0.917 bits per heavy atom. The van der Waals surface area contributed by atoms with Crippen LogP contribution in [0.5, 0.6) is 11.5 Å². The van der Waals surface area contributed by atoms with Gasteiger partial charge in [0.05, 0.1) is 19.9 Å². The second-order valence-electron chi connectivity index (χ2n) is 6.97. The van der Waals surface area contributed by atoms with Gasteiger partial charge in [0.1, 0.15) is 11.6 Å². The number of carbonyl (C=O) groups excluding carboxylic acids is 1. The minimum atomic E-state index is -5.10. The average molecular weight is 634 g/mol. The molecule has 3 aromatic carbocycles. The fourth-order valence-corrected chi connectivity index (χ4v) is 4.27. The van der Waals surface area contributed by atoms with Gasteiger partial charge in [-0.05, 0) is 64.5 Å². The first kappa shape index (κ1) is 26.9. The summed E-state index contributed by atoms with van der Waals surface area (Å²) in [5.74, 6) is -2.40.